The van der Waals surface area contributed by atoms with E-state index in [1.165, 1.54) is 0 Å². The molecule has 1 aromatic rings. The van der Waals surface area contributed by atoms with Crippen LogP contribution in [-0.4, -0.2) is 25.2 Å². The van der Waals surface area contributed by atoms with Crippen LogP contribution in [0.15, 0.2) is 29.3 Å². The van der Waals surface area contributed by atoms with E-state index in [1.54, 1.807) is 7.11 Å². The van der Waals surface area contributed by atoms with Crippen LogP contribution < -0.4 is 4.74 Å². The van der Waals surface area contributed by atoms with Crippen LogP contribution in [0.4, 0.5) is 0 Å². The fourth-order valence-corrected chi connectivity index (χ4v) is 1.49. The summed E-state index contributed by atoms with van der Waals surface area (Å²) in [5, 5.41) is 0. The smallest absolute Gasteiger partial charge is 0.216 e. The van der Waals surface area contributed by atoms with Gasteiger partial charge in [-0.2, -0.15) is 0 Å². The topological polar surface area (TPSA) is 30.8 Å². The van der Waals surface area contributed by atoms with E-state index in [0.717, 1.165) is 11.3 Å². The average Bonchev–Trinajstić information content (AvgIpc) is 2.59. The Bertz CT molecular complexity index is 396. The van der Waals surface area contributed by atoms with Crippen molar-refractivity contribution in [2.45, 2.75) is 19.4 Å². The number of aliphatic imine (C=N–C) groups is 1. The van der Waals surface area contributed by atoms with Crippen molar-refractivity contribution < 1.29 is 9.47 Å². The Balaban J connectivity index is 2.24. The fraction of sp³-hybridized carbons (Fsp3) is 0.417. The number of hydrogen-bond acceptors (Lipinski definition) is 3. The summed E-state index contributed by atoms with van der Waals surface area (Å²) in [6.07, 6.45) is 0. The van der Waals surface area contributed by atoms with Crippen molar-refractivity contribution in [3.05, 3.63) is 29.8 Å². The summed E-state index contributed by atoms with van der Waals surface area (Å²) in [4.78, 5) is 4.37. The second-order valence-electron chi connectivity index (χ2n) is 4.22. The molecule has 1 aromatic carbocycles. The van der Waals surface area contributed by atoms with Gasteiger partial charge in [-0.3, -0.25) is 0 Å². The van der Waals surface area contributed by atoms with Gasteiger partial charge < -0.3 is 9.47 Å². The van der Waals surface area contributed by atoms with Gasteiger partial charge in [0.2, 0.25) is 5.90 Å². The second kappa shape index (κ2) is 3.57. The summed E-state index contributed by atoms with van der Waals surface area (Å²) in [6.45, 7) is 4.77. The van der Waals surface area contributed by atoms with Gasteiger partial charge in [0, 0.05) is 5.56 Å². The molecular formula is C12H15NO2. The highest BCUT2D eigenvalue weighted by Gasteiger charge is 2.28. The zero-order valence-corrected chi connectivity index (χ0v) is 9.28. The van der Waals surface area contributed by atoms with Gasteiger partial charge in [0.25, 0.3) is 0 Å². The predicted octanol–water partition coefficient (Wildman–Crippen LogP) is 2.25. The van der Waals surface area contributed by atoms with Crippen LogP contribution in [0.25, 0.3) is 0 Å². The first kappa shape index (κ1) is 10.0. The van der Waals surface area contributed by atoms with Crippen LogP contribution >= 0.6 is 0 Å². The molecule has 80 valence electrons. The zero-order chi connectivity index (χ0) is 10.9. The van der Waals surface area contributed by atoms with E-state index in [2.05, 4.69) is 4.99 Å². The van der Waals surface area contributed by atoms with Gasteiger partial charge >= 0.3 is 0 Å². The number of benzene rings is 1. The Kier molecular flexibility index (Phi) is 2.39. The van der Waals surface area contributed by atoms with Gasteiger partial charge in [0.05, 0.1) is 13.7 Å². The maximum Gasteiger partial charge on any atom is 0.216 e. The molecule has 1 heterocycles. The van der Waals surface area contributed by atoms with Crippen molar-refractivity contribution in [3.63, 3.8) is 0 Å². The van der Waals surface area contributed by atoms with Crippen molar-refractivity contribution >= 4 is 5.90 Å². The van der Waals surface area contributed by atoms with E-state index >= 15 is 0 Å². The number of methoxy groups -OCH3 is 1. The van der Waals surface area contributed by atoms with E-state index < -0.39 is 0 Å². The average molecular weight is 205 g/mol. The first-order valence-electron chi connectivity index (χ1n) is 4.99. The molecule has 0 radical (unpaired) electrons. The lowest BCUT2D eigenvalue weighted by molar-refractivity contribution is 0.131. The molecule has 15 heavy (non-hydrogen) atoms. The molecule has 0 saturated heterocycles. The monoisotopic (exact) mass is 205 g/mol. The number of rotatable bonds is 2. The lowest BCUT2D eigenvalue weighted by atomic mass is 10.1. The summed E-state index contributed by atoms with van der Waals surface area (Å²) >= 11 is 0. The van der Waals surface area contributed by atoms with Gasteiger partial charge in [0.15, 0.2) is 0 Å². The third-order valence-electron chi connectivity index (χ3n) is 2.29. The van der Waals surface area contributed by atoms with Crippen LogP contribution in [0.1, 0.15) is 19.4 Å². The van der Waals surface area contributed by atoms with Crippen LogP contribution in [0.5, 0.6) is 5.75 Å². The summed E-state index contributed by atoms with van der Waals surface area (Å²) in [5.74, 6) is 1.53. The first-order valence-corrected chi connectivity index (χ1v) is 4.99. The van der Waals surface area contributed by atoms with E-state index in [9.17, 15) is 0 Å². The molecule has 3 nitrogen and oxygen atoms in total. The number of hydrogen-bond donors (Lipinski definition) is 0. The van der Waals surface area contributed by atoms with Crippen molar-refractivity contribution in [1.82, 2.24) is 0 Å². The second-order valence-corrected chi connectivity index (χ2v) is 4.22. The highest BCUT2D eigenvalue weighted by molar-refractivity contribution is 5.95. The van der Waals surface area contributed by atoms with Gasteiger partial charge in [0.1, 0.15) is 11.4 Å². The number of nitrogens with zero attached hydrogens (tertiary/aromatic N) is 1. The van der Waals surface area contributed by atoms with Crippen molar-refractivity contribution in [2.75, 3.05) is 13.7 Å². The molecule has 0 amide bonds. The summed E-state index contributed by atoms with van der Waals surface area (Å²) in [5.41, 5.74) is 0.790. The summed E-state index contributed by atoms with van der Waals surface area (Å²) in [7, 11) is 1.65. The molecule has 1 aliphatic heterocycles. The largest absolute Gasteiger partial charge is 0.497 e. The summed E-state index contributed by atoms with van der Waals surface area (Å²) < 4.78 is 10.9. The first-order chi connectivity index (χ1) is 7.11. The normalized spacial score (nSPS) is 18.2. The molecule has 0 aromatic heterocycles. The van der Waals surface area contributed by atoms with E-state index in [0.29, 0.717) is 12.4 Å². The molecule has 0 unspecified atom stereocenters. The molecule has 3 heteroatoms. The van der Waals surface area contributed by atoms with E-state index in [1.807, 2.05) is 38.1 Å². The lowest BCUT2D eigenvalue weighted by Crippen LogP contribution is -2.24. The SMILES string of the molecule is COc1cccc(C2=NCC(C)(C)O2)c1. The Morgan fingerprint density at radius 3 is 2.80 bits per heavy atom. The molecule has 0 spiro atoms. The van der Waals surface area contributed by atoms with E-state index in [-0.39, 0.29) is 5.60 Å². The Hall–Kier alpha value is -1.51. The zero-order valence-electron chi connectivity index (χ0n) is 9.28. The fourth-order valence-electron chi connectivity index (χ4n) is 1.49. The Morgan fingerprint density at radius 2 is 2.20 bits per heavy atom. The van der Waals surface area contributed by atoms with Crippen molar-refractivity contribution in [2.24, 2.45) is 4.99 Å². The van der Waals surface area contributed by atoms with Gasteiger partial charge in [-0.1, -0.05) is 6.07 Å². The quantitative estimate of drug-likeness (QED) is 0.741. The standard InChI is InChI=1S/C12H15NO2/c1-12(2)8-13-11(15-12)9-5-4-6-10(7-9)14-3/h4-7H,8H2,1-3H3. The maximum atomic E-state index is 5.73. The highest BCUT2D eigenvalue weighted by atomic mass is 16.5. The minimum Gasteiger partial charge on any atom is -0.497 e. The number of ether oxygens (including phenoxy) is 2. The molecule has 0 fully saturated rings. The van der Waals surface area contributed by atoms with Crippen LogP contribution in [0, 0.1) is 0 Å². The Labute approximate surface area is 89.7 Å². The molecule has 0 N–H and O–H groups in total. The van der Waals surface area contributed by atoms with Crippen LogP contribution in [0.3, 0.4) is 0 Å². The van der Waals surface area contributed by atoms with Crippen LogP contribution in [-0.2, 0) is 4.74 Å². The molecule has 1 aliphatic rings. The van der Waals surface area contributed by atoms with Gasteiger partial charge in [-0.05, 0) is 32.0 Å². The minimum absolute atomic E-state index is 0.182. The van der Waals surface area contributed by atoms with Gasteiger partial charge in [-0.15, -0.1) is 0 Å². The van der Waals surface area contributed by atoms with E-state index in [4.69, 9.17) is 9.47 Å². The molecule has 0 bridgehead atoms. The molecule has 0 atom stereocenters. The van der Waals surface area contributed by atoms with Crippen molar-refractivity contribution in [3.8, 4) is 5.75 Å². The van der Waals surface area contributed by atoms with Crippen LogP contribution in [0.2, 0.25) is 0 Å². The third kappa shape index (κ3) is 2.12. The van der Waals surface area contributed by atoms with Crippen molar-refractivity contribution in [1.29, 1.82) is 0 Å². The molecular weight excluding hydrogens is 190 g/mol. The summed E-state index contributed by atoms with van der Waals surface area (Å²) in [6, 6.07) is 7.75. The molecule has 0 saturated carbocycles. The lowest BCUT2D eigenvalue weighted by Gasteiger charge is -2.17. The minimum atomic E-state index is -0.182. The third-order valence-corrected chi connectivity index (χ3v) is 2.29. The maximum absolute atomic E-state index is 5.73. The molecule has 2 rings (SSSR count). The molecule has 0 aliphatic carbocycles. The van der Waals surface area contributed by atoms with Gasteiger partial charge in [-0.25, -0.2) is 4.99 Å². The Morgan fingerprint density at radius 1 is 1.40 bits per heavy atom. The highest BCUT2D eigenvalue weighted by Crippen LogP contribution is 2.22. The predicted molar refractivity (Wildman–Crippen MR) is 59.6 cm³/mol.